The lowest BCUT2D eigenvalue weighted by molar-refractivity contribution is 0.796. The lowest BCUT2D eigenvalue weighted by atomic mass is 10.1. The topological polar surface area (TPSA) is 37.8 Å². The van der Waals surface area contributed by atoms with E-state index in [2.05, 4.69) is 46.5 Å². The van der Waals surface area contributed by atoms with E-state index in [9.17, 15) is 0 Å². The summed E-state index contributed by atoms with van der Waals surface area (Å²) in [6, 6.07) is 8.34. The average Bonchev–Trinajstić information content (AvgIpc) is 2.39. The molecule has 17 heavy (non-hydrogen) atoms. The molecule has 1 N–H and O–H groups in total. The molecule has 86 valence electrons. The summed E-state index contributed by atoms with van der Waals surface area (Å²) < 4.78 is 0. The minimum atomic E-state index is 0.826. The first kappa shape index (κ1) is 10.3. The molecule has 0 bridgehead atoms. The van der Waals surface area contributed by atoms with Crippen molar-refractivity contribution in [1.29, 1.82) is 0 Å². The molecule has 0 amide bonds. The molecular weight excluding hydrogens is 210 g/mol. The Bertz CT molecular complexity index is 532. The lowest BCUT2D eigenvalue weighted by Gasteiger charge is -2.16. The van der Waals surface area contributed by atoms with Gasteiger partial charge in [-0.1, -0.05) is 29.8 Å². The van der Waals surface area contributed by atoms with Gasteiger partial charge in [0, 0.05) is 12.1 Å². The van der Waals surface area contributed by atoms with Gasteiger partial charge >= 0.3 is 0 Å². The SMILES string of the molecule is Cc1ccc(-c2ncc3c(n2)CCCN3)cc1. The maximum Gasteiger partial charge on any atom is 0.159 e. The van der Waals surface area contributed by atoms with Gasteiger partial charge in [0.25, 0.3) is 0 Å². The Kier molecular flexibility index (Phi) is 2.52. The molecule has 1 aromatic carbocycles. The van der Waals surface area contributed by atoms with Gasteiger partial charge < -0.3 is 5.32 Å². The Hall–Kier alpha value is -1.90. The van der Waals surface area contributed by atoms with Crippen molar-refractivity contribution in [3.8, 4) is 11.4 Å². The van der Waals surface area contributed by atoms with E-state index in [0.717, 1.165) is 42.2 Å². The Balaban J connectivity index is 2.01. The Morgan fingerprint density at radius 1 is 1.18 bits per heavy atom. The fourth-order valence-electron chi connectivity index (χ4n) is 2.08. The van der Waals surface area contributed by atoms with Crippen LogP contribution in [0.4, 0.5) is 5.69 Å². The molecule has 0 radical (unpaired) electrons. The van der Waals surface area contributed by atoms with Gasteiger partial charge in [0.15, 0.2) is 5.82 Å². The zero-order chi connectivity index (χ0) is 11.7. The van der Waals surface area contributed by atoms with E-state index in [4.69, 9.17) is 0 Å². The predicted octanol–water partition coefficient (Wildman–Crippen LogP) is 2.81. The van der Waals surface area contributed by atoms with Gasteiger partial charge in [-0.25, -0.2) is 9.97 Å². The van der Waals surface area contributed by atoms with E-state index >= 15 is 0 Å². The Morgan fingerprint density at radius 3 is 2.82 bits per heavy atom. The second kappa shape index (κ2) is 4.17. The fraction of sp³-hybridized carbons (Fsp3) is 0.286. The maximum atomic E-state index is 4.64. The van der Waals surface area contributed by atoms with E-state index in [1.54, 1.807) is 0 Å². The van der Waals surface area contributed by atoms with Crippen LogP contribution < -0.4 is 5.32 Å². The van der Waals surface area contributed by atoms with Crippen molar-refractivity contribution in [3.05, 3.63) is 41.7 Å². The first-order valence-corrected chi connectivity index (χ1v) is 6.00. The van der Waals surface area contributed by atoms with Crippen molar-refractivity contribution in [1.82, 2.24) is 9.97 Å². The first-order chi connectivity index (χ1) is 8.33. The van der Waals surface area contributed by atoms with Crippen LogP contribution in [-0.4, -0.2) is 16.5 Å². The van der Waals surface area contributed by atoms with E-state index in [0.29, 0.717) is 0 Å². The van der Waals surface area contributed by atoms with E-state index < -0.39 is 0 Å². The number of fused-ring (bicyclic) bond motifs is 1. The largest absolute Gasteiger partial charge is 0.382 e. The number of nitrogens with zero attached hydrogens (tertiary/aromatic N) is 2. The molecule has 1 aliphatic rings. The monoisotopic (exact) mass is 225 g/mol. The molecule has 0 atom stereocenters. The molecule has 1 aromatic heterocycles. The molecule has 3 rings (SSSR count). The normalized spacial score (nSPS) is 13.9. The third-order valence-corrected chi connectivity index (χ3v) is 3.08. The number of hydrogen-bond acceptors (Lipinski definition) is 3. The van der Waals surface area contributed by atoms with Crippen LogP contribution in [0.2, 0.25) is 0 Å². The molecular formula is C14H15N3. The van der Waals surface area contributed by atoms with Gasteiger partial charge in [-0.2, -0.15) is 0 Å². The molecule has 3 heteroatoms. The van der Waals surface area contributed by atoms with Gasteiger partial charge in [-0.05, 0) is 19.8 Å². The number of aromatic nitrogens is 2. The van der Waals surface area contributed by atoms with Crippen molar-refractivity contribution in [2.45, 2.75) is 19.8 Å². The van der Waals surface area contributed by atoms with Crippen LogP contribution in [0.3, 0.4) is 0 Å². The summed E-state index contributed by atoms with van der Waals surface area (Å²) in [5.41, 5.74) is 4.58. The highest BCUT2D eigenvalue weighted by Gasteiger charge is 2.11. The van der Waals surface area contributed by atoms with Gasteiger partial charge in [0.2, 0.25) is 0 Å². The number of nitrogens with one attached hydrogen (secondary N) is 1. The highest BCUT2D eigenvalue weighted by atomic mass is 15.0. The summed E-state index contributed by atoms with van der Waals surface area (Å²) in [6.45, 7) is 3.11. The van der Waals surface area contributed by atoms with Gasteiger partial charge in [0.05, 0.1) is 17.6 Å². The number of anilines is 1. The summed E-state index contributed by atoms with van der Waals surface area (Å²) in [4.78, 5) is 9.06. The number of benzene rings is 1. The van der Waals surface area contributed by atoms with Crippen molar-refractivity contribution < 1.29 is 0 Å². The molecule has 2 heterocycles. The summed E-state index contributed by atoms with van der Waals surface area (Å²) >= 11 is 0. The van der Waals surface area contributed by atoms with E-state index in [1.807, 2.05) is 6.20 Å². The molecule has 2 aromatic rings. The van der Waals surface area contributed by atoms with E-state index in [1.165, 1.54) is 5.56 Å². The highest BCUT2D eigenvalue weighted by Crippen LogP contribution is 2.22. The smallest absolute Gasteiger partial charge is 0.159 e. The molecule has 0 spiro atoms. The summed E-state index contributed by atoms with van der Waals surface area (Å²) in [6.07, 6.45) is 4.09. The third-order valence-electron chi connectivity index (χ3n) is 3.08. The van der Waals surface area contributed by atoms with E-state index in [-0.39, 0.29) is 0 Å². The second-order valence-electron chi connectivity index (χ2n) is 4.45. The summed E-state index contributed by atoms with van der Waals surface area (Å²) in [5.74, 6) is 0.826. The minimum absolute atomic E-state index is 0.826. The van der Waals surface area contributed by atoms with Crippen LogP contribution in [-0.2, 0) is 6.42 Å². The molecule has 0 saturated heterocycles. The molecule has 0 saturated carbocycles. The Labute approximate surface area is 101 Å². The quantitative estimate of drug-likeness (QED) is 0.811. The van der Waals surface area contributed by atoms with Crippen LogP contribution in [0.25, 0.3) is 11.4 Å². The third kappa shape index (κ3) is 2.00. The average molecular weight is 225 g/mol. The summed E-state index contributed by atoms with van der Waals surface area (Å²) in [7, 11) is 0. The zero-order valence-electron chi connectivity index (χ0n) is 9.90. The maximum absolute atomic E-state index is 4.64. The number of rotatable bonds is 1. The molecule has 0 fully saturated rings. The minimum Gasteiger partial charge on any atom is -0.382 e. The van der Waals surface area contributed by atoms with Gasteiger partial charge in [0.1, 0.15) is 0 Å². The zero-order valence-corrected chi connectivity index (χ0v) is 9.90. The number of hydrogen-bond donors (Lipinski definition) is 1. The van der Waals surface area contributed by atoms with Gasteiger partial charge in [-0.15, -0.1) is 0 Å². The molecule has 1 aliphatic heterocycles. The number of aryl methyl sites for hydroxylation is 2. The lowest BCUT2D eigenvalue weighted by Crippen LogP contribution is -2.14. The predicted molar refractivity (Wildman–Crippen MR) is 69.0 cm³/mol. The molecule has 3 nitrogen and oxygen atoms in total. The van der Waals surface area contributed by atoms with Crippen LogP contribution in [0.15, 0.2) is 30.5 Å². The van der Waals surface area contributed by atoms with Crippen molar-refractivity contribution in [3.63, 3.8) is 0 Å². The summed E-state index contributed by atoms with van der Waals surface area (Å²) in [5, 5.41) is 3.33. The van der Waals surface area contributed by atoms with Crippen molar-refractivity contribution >= 4 is 5.69 Å². The standard InChI is InChI=1S/C14H15N3/c1-10-4-6-11(7-5-10)14-16-9-13-12(17-14)3-2-8-15-13/h4-7,9,15H,2-3,8H2,1H3. The van der Waals surface area contributed by atoms with Gasteiger partial charge in [-0.3, -0.25) is 0 Å². The van der Waals surface area contributed by atoms with Crippen molar-refractivity contribution in [2.75, 3.05) is 11.9 Å². The van der Waals surface area contributed by atoms with Crippen LogP contribution in [0.5, 0.6) is 0 Å². The molecule has 0 unspecified atom stereocenters. The van der Waals surface area contributed by atoms with Crippen molar-refractivity contribution in [2.24, 2.45) is 0 Å². The van der Waals surface area contributed by atoms with Crippen LogP contribution in [0.1, 0.15) is 17.7 Å². The second-order valence-corrected chi connectivity index (χ2v) is 4.45. The first-order valence-electron chi connectivity index (χ1n) is 6.00. The highest BCUT2D eigenvalue weighted by molar-refractivity contribution is 5.59. The van der Waals surface area contributed by atoms with Crippen LogP contribution >= 0.6 is 0 Å². The molecule has 0 aliphatic carbocycles. The fourth-order valence-corrected chi connectivity index (χ4v) is 2.08. The Morgan fingerprint density at radius 2 is 2.00 bits per heavy atom. The van der Waals surface area contributed by atoms with Crippen LogP contribution in [0, 0.1) is 6.92 Å².